The minimum atomic E-state index is -0.814. The van der Waals surface area contributed by atoms with Gasteiger partial charge in [-0.1, -0.05) is 24.3 Å². The molecule has 0 saturated carbocycles. The number of aliphatic hydroxyl groups excluding tert-OH is 1. The molecule has 0 saturated heterocycles. The van der Waals surface area contributed by atoms with Crippen LogP contribution in [0.5, 0.6) is 5.75 Å². The molecule has 0 bridgehead atoms. The largest absolute Gasteiger partial charge is 0.484 e. The highest BCUT2D eigenvalue weighted by Gasteiger charge is 2.25. The molecule has 0 spiro atoms. The maximum Gasteiger partial charge on any atom is 0.326 e. The Hall–Kier alpha value is -2.87. The lowest BCUT2D eigenvalue weighted by molar-refractivity contribution is 0.0920. The number of hydrogen-bond donors (Lipinski definition) is 4. The van der Waals surface area contributed by atoms with Crippen molar-refractivity contribution in [1.82, 2.24) is 15.3 Å². The molecule has 0 aliphatic heterocycles. The highest BCUT2D eigenvalue weighted by molar-refractivity contribution is 5.95. The van der Waals surface area contributed by atoms with Crippen molar-refractivity contribution in [2.24, 2.45) is 0 Å². The van der Waals surface area contributed by atoms with Crippen LogP contribution < -0.4 is 21.3 Å². The number of carbonyl (C=O) groups excluding carboxylic acids is 1. The van der Waals surface area contributed by atoms with E-state index in [9.17, 15) is 14.4 Å². The topological polar surface area (TPSA) is 124 Å². The summed E-state index contributed by atoms with van der Waals surface area (Å²) >= 11 is 0. The van der Waals surface area contributed by atoms with Crippen LogP contribution in [0.15, 0.2) is 33.9 Å². The molecule has 3 rings (SSSR count). The first kappa shape index (κ1) is 17.0. The van der Waals surface area contributed by atoms with Crippen molar-refractivity contribution in [2.75, 3.05) is 13.2 Å². The fraction of sp³-hybridized carbons (Fsp3) is 0.353. The van der Waals surface area contributed by atoms with Crippen LogP contribution in [-0.4, -0.2) is 34.2 Å². The first-order chi connectivity index (χ1) is 12.1. The lowest BCUT2D eigenvalue weighted by atomic mass is 9.87. The van der Waals surface area contributed by atoms with E-state index >= 15 is 0 Å². The Bertz CT molecular complexity index is 886. The lowest BCUT2D eigenvalue weighted by Crippen LogP contribution is -2.36. The Kier molecular flexibility index (Phi) is 4.99. The average molecular weight is 345 g/mol. The van der Waals surface area contributed by atoms with Gasteiger partial charge in [0, 0.05) is 0 Å². The van der Waals surface area contributed by atoms with Gasteiger partial charge in [0.15, 0.2) is 5.69 Å². The number of ether oxygens (including phenoxy) is 1. The number of aromatic amines is 2. The number of carbonyl (C=O) groups is 1. The fourth-order valence-corrected chi connectivity index (χ4v) is 3.05. The summed E-state index contributed by atoms with van der Waals surface area (Å²) in [6.07, 6.45) is 2.65. The van der Waals surface area contributed by atoms with Gasteiger partial charge in [0.05, 0.1) is 12.6 Å². The molecule has 0 fully saturated rings. The maximum atomic E-state index is 12.6. The summed E-state index contributed by atoms with van der Waals surface area (Å²) in [4.78, 5) is 40.4. The molecule has 132 valence electrons. The van der Waals surface area contributed by atoms with Crippen LogP contribution in [0.4, 0.5) is 0 Å². The van der Waals surface area contributed by atoms with E-state index in [0.717, 1.165) is 24.8 Å². The summed E-state index contributed by atoms with van der Waals surface area (Å²) in [7, 11) is 0. The number of nitrogens with one attached hydrogen (secondary N) is 3. The molecule has 1 aromatic carbocycles. The van der Waals surface area contributed by atoms with Gasteiger partial charge in [-0.2, -0.15) is 0 Å². The number of amides is 1. The molecule has 1 unspecified atom stereocenters. The second kappa shape index (κ2) is 7.35. The highest BCUT2D eigenvalue weighted by Crippen LogP contribution is 2.29. The summed E-state index contributed by atoms with van der Waals surface area (Å²) in [5, 5.41) is 11.7. The second-order valence-electron chi connectivity index (χ2n) is 5.80. The number of aromatic nitrogens is 2. The SMILES string of the molecule is O=C(NC1CCCc2ccccc21)c1[nH]c(=O)[nH]c(=O)c1OCCO. The van der Waals surface area contributed by atoms with Gasteiger partial charge in [-0.15, -0.1) is 0 Å². The van der Waals surface area contributed by atoms with Crippen LogP contribution in [0, 0.1) is 0 Å². The van der Waals surface area contributed by atoms with Gasteiger partial charge < -0.3 is 15.2 Å². The number of aliphatic hydroxyl groups is 1. The molecule has 4 N–H and O–H groups in total. The van der Waals surface area contributed by atoms with Gasteiger partial charge >= 0.3 is 5.69 Å². The molecule has 1 atom stereocenters. The Morgan fingerprint density at radius 3 is 2.88 bits per heavy atom. The first-order valence-corrected chi connectivity index (χ1v) is 8.09. The Balaban J connectivity index is 1.90. The van der Waals surface area contributed by atoms with Crippen molar-refractivity contribution in [3.8, 4) is 5.75 Å². The van der Waals surface area contributed by atoms with E-state index in [1.807, 2.05) is 29.2 Å². The van der Waals surface area contributed by atoms with Gasteiger partial charge in [0.1, 0.15) is 6.61 Å². The number of hydrogen-bond acceptors (Lipinski definition) is 5. The Morgan fingerprint density at radius 1 is 1.28 bits per heavy atom. The molecule has 8 nitrogen and oxygen atoms in total. The van der Waals surface area contributed by atoms with Crippen LogP contribution in [0.1, 0.15) is 40.5 Å². The van der Waals surface area contributed by atoms with Crippen LogP contribution in [0.3, 0.4) is 0 Å². The van der Waals surface area contributed by atoms with Crippen molar-refractivity contribution in [3.05, 3.63) is 61.9 Å². The van der Waals surface area contributed by atoms with Gasteiger partial charge in [-0.05, 0) is 30.4 Å². The molecule has 1 heterocycles. The van der Waals surface area contributed by atoms with Crippen molar-refractivity contribution in [2.45, 2.75) is 25.3 Å². The quantitative estimate of drug-likeness (QED) is 0.618. The van der Waals surface area contributed by atoms with Crippen molar-refractivity contribution >= 4 is 5.91 Å². The summed E-state index contributed by atoms with van der Waals surface area (Å²) in [6, 6.07) is 7.65. The normalized spacial score (nSPS) is 16.1. The van der Waals surface area contributed by atoms with E-state index in [4.69, 9.17) is 9.84 Å². The predicted molar refractivity (Wildman–Crippen MR) is 89.9 cm³/mol. The van der Waals surface area contributed by atoms with E-state index in [1.165, 1.54) is 5.56 Å². The molecule has 8 heteroatoms. The standard InChI is InChI=1S/C17H19N3O5/c21-8-9-25-14-13(19-17(24)20-16(14)23)15(22)18-12-7-3-5-10-4-1-2-6-11(10)12/h1-2,4,6,12,21H,3,5,7-9H2,(H,18,22)(H2,19,20,23,24). The average Bonchev–Trinajstić information content (AvgIpc) is 2.60. The van der Waals surface area contributed by atoms with Crippen LogP contribution in [-0.2, 0) is 6.42 Å². The Labute approximate surface area is 142 Å². The van der Waals surface area contributed by atoms with Gasteiger partial charge in [0.2, 0.25) is 5.75 Å². The molecule has 1 aliphatic rings. The van der Waals surface area contributed by atoms with E-state index in [-0.39, 0.29) is 30.7 Å². The zero-order valence-corrected chi connectivity index (χ0v) is 13.5. The first-order valence-electron chi connectivity index (χ1n) is 8.09. The van der Waals surface area contributed by atoms with Gasteiger partial charge in [0.25, 0.3) is 11.5 Å². The molecule has 1 amide bonds. The van der Waals surface area contributed by atoms with Crippen molar-refractivity contribution < 1.29 is 14.6 Å². The minimum Gasteiger partial charge on any atom is -0.484 e. The third kappa shape index (κ3) is 3.63. The third-order valence-electron chi connectivity index (χ3n) is 4.14. The van der Waals surface area contributed by atoms with Gasteiger partial charge in [-0.3, -0.25) is 19.6 Å². The molecule has 1 aromatic heterocycles. The van der Waals surface area contributed by atoms with Crippen molar-refractivity contribution in [3.63, 3.8) is 0 Å². The van der Waals surface area contributed by atoms with E-state index in [2.05, 4.69) is 10.3 Å². The van der Waals surface area contributed by atoms with E-state index in [0.29, 0.717) is 0 Å². The summed E-state index contributed by atoms with van der Waals surface area (Å²) in [6.45, 7) is -0.489. The van der Waals surface area contributed by atoms with E-state index in [1.54, 1.807) is 0 Å². The molecule has 2 aromatic rings. The summed E-state index contributed by atoms with van der Waals surface area (Å²) in [5.74, 6) is -0.909. The summed E-state index contributed by atoms with van der Waals surface area (Å²) < 4.78 is 5.13. The number of H-pyrrole nitrogens is 2. The molecular weight excluding hydrogens is 326 g/mol. The number of aryl methyl sites for hydroxylation is 1. The highest BCUT2D eigenvalue weighted by atomic mass is 16.5. The number of rotatable bonds is 5. The maximum absolute atomic E-state index is 12.6. The minimum absolute atomic E-state index is 0.165. The van der Waals surface area contributed by atoms with E-state index < -0.39 is 17.2 Å². The zero-order chi connectivity index (χ0) is 17.8. The molecular formula is C17H19N3O5. The zero-order valence-electron chi connectivity index (χ0n) is 13.5. The molecule has 1 aliphatic carbocycles. The second-order valence-corrected chi connectivity index (χ2v) is 5.80. The summed E-state index contributed by atoms with van der Waals surface area (Å²) in [5.41, 5.74) is 0.356. The van der Waals surface area contributed by atoms with Gasteiger partial charge in [-0.25, -0.2) is 4.79 Å². The Morgan fingerprint density at radius 2 is 2.08 bits per heavy atom. The molecule has 25 heavy (non-hydrogen) atoms. The fourth-order valence-electron chi connectivity index (χ4n) is 3.05. The predicted octanol–water partition coefficient (Wildman–Crippen LogP) is 0.242. The molecule has 0 radical (unpaired) electrons. The van der Waals surface area contributed by atoms with Crippen LogP contribution >= 0.6 is 0 Å². The van der Waals surface area contributed by atoms with Crippen LogP contribution in [0.25, 0.3) is 0 Å². The number of benzene rings is 1. The third-order valence-corrected chi connectivity index (χ3v) is 4.14. The van der Waals surface area contributed by atoms with Crippen LogP contribution in [0.2, 0.25) is 0 Å². The van der Waals surface area contributed by atoms with Crippen molar-refractivity contribution in [1.29, 1.82) is 0 Å². The lowest BCUT2D eigenvalue weighted by Gasteiger charge is -2.26. The number of fused-ring (bicyclic) bond motifs is 1. The smallest absolute Gasteiger partial charge is 0.326 e. The monoisotopic (exact) mass is 345 g/mol.